The van der Waals surface area contributed by atoms with Gasteiger partial charge in [0.15, 0.2) is 0 Å². The van der Waals surface area contributed by atoms with Crippen molar-refractivity contribution >= 4 is 11.6 Å². The van der Waals surface area contributed by atoms with Crippen LogP contribution in [0.25, 0.3) is 0 Å². The predicted octanol–water partition coefficient (Wildman–Crippen LogP) is 3.79. The zero-order valence-corrected chi connectivity index (χ0v) is 14.7. The van der Waals surface area contributed by atoms with Gasteiger partial charge in [0.05, 0.1) is 6.10 Å². The van der Waals surface area contributed by atoms with Gasteiger partial charge in [0, 0.05) is 17.6 Å². The van der Waals surface area contributed by atoms with Crippen LogP contribution in [0.3, 0.4) is 0 Å². The van der Waals surface area contributed by atoms with Gasteiger partial charge in [-0.25, -0.2) is 0 Å². The molecular weight excluding hydrogens is 322 g/mol. The topological polar surface area (TPSA) is 52.5 Å². The lowest BCUT2D eigenvalue weighted by Crippen LogP contribution is -2.37. The third-order valence-corrected chi connectivity index (χ3v) is 5.18. The second kappa shape index (κ2) is 7.56. The summed E-state index contributed by atoms with van der Waals surface area (Å²) in [7, 11) is 0. The van der Waals surface area contributed by atoms with Crippen molar-refractivity contribution in [2.24, 2.45) is 0 Å². The molecule has 24 heavy (non-hydrogen) atoms. The molecule has 0 bridgehead atoms. The molecule has 3 rings (SSSR count). The molecular formula is C20H24ClNO2. The van der Waals surface area contributed by atoms with Crippen molar-refractivity contribution in [3.63, 3.8) is 0 Å². The van der Waals surface area contributed by atoms with Gasteiger partial charge in [-0.3, -0.25) is 0 Å². The first-order valence-corrected chi connectivity index (χ1v) is 8.95. The number of rotatable bonds is 5. The van der Waals surface area contributed by atoms with Gasteiger partial charge >= 0.3 is 0 Å². The van der Waals surface area contributed by atoms with E-state index < -0.39 is 6.10 Å². The van der Waals surface area contributed by atoms with Crippen molar-refractivity contribution in [3.8, 4) is 5.75 Å². The minimum absolute atomic E-state index is 0.326. The molecule has 3 N–H and O–H groups in total. The number of phenolic OH excluding ortho intramolecular Hbond substituents is 1. The molecule has 0 spiro atoms. The number of aromatic hydroxyl groups is 1. The fraction of sp³-hybridized carbons (Fsp3) is 0.400. The van der Waals surface area contributed by atoms with Crippen LogP contribution in [-0.2, 0) is 19.3 Å². The Kier molecular flexibility index (Phi) is 5.44. The van der Waals surface area contributed by atoms with E-state index in [-0.39, 0.29) is 0 Å². The lowest BCUT2D eigenvalue weighted by Gasteiger charge is -2.28. The van der Waals surface area contributed by atoms with E-state index in [1.165, 1.54) is 11.1 Å². The van der Waals surface area contributed by atoms with Crippen LogP contribution in [0.2, 0.25) is 5.02 Å². The first kappa shape index (κ1) is 17.3. The van der Waals surface area contributed by atoms with E-state index in [1.807, 2.05) is 24.3 Å². The summed E-state index contributed by atoms with van der Waals surface area (Å²) in [5, 5.41) is 24.6. The Morgan fingerprint density at radius 3 is 2.67 bits per heavy atom. The molecule has 3 nitrogen and oxygen atoms in total. The highest BCUT2D eigenvalue weighted by molar-refractivity contribution is 6.30. The van der Waals surface area contributed by atoms with Crippen LogP contribution in [-0.4, -0.2) is 22.8 Å². The Morgan fingerprint density at radius 2 is 1.96 bits per heavy atom. The summed E-state index contributed by atoms with van der Waals surface area (Å²) in [5.41, 5.74) is 4.57. The van der Waals surface area contributed by atoms with E-state index in [0.717, 1.165) is 36.8 Å². The lowest BCUT2D eigenvalue weighted by molar-refractivity contribution is 0.168. The number of fused-ring (bicyclic) bond motifs is 1. The molecule has 0 fully saturated rings. The molecule has 2 aromatic carbocycles. The van der Waals surface area contributed by atoms with Crippen LogP contribution >= 0.6 is 11.6 Å². The van der Waals surface area contributed by atoms with Gasteiger partial charge in [0.25, 0.3) is 0 Å². The molecule has 1 aliphatic carbocycles. The number of aliphatic hydroxyl groups is 1. The van der Waals surface area contributed by atoms with E-state index >= 15 is 0 Å². The zero-order chi connectivity index (χ0) is 17.1. The fourth-order valence-electron chi connectivity index (χ4n) is 3.55. The summed E-state index contributed by atoms with van der Waals surface area (Å²) in [6, 6.07) is 11.5. The van der Waals surface area contributed by atoms with E-state index in [9.17, 15) is 10.2 Å². The molecule has 0 heterocycles. The molecule has 1 aliphatic rings. The van der Waals surface area contributed by atoms with Crippen LogP contribution in [0.15, 0.2) is 36.4 Å². The highest BCUT2D eigenvalue weighted by Gasteiger charge is 2.22. The zero-order valence-electron chi connectivity index (χ0n) is 13.9. The minimum Gasteiger partial charge on any atom is -0.508 e. The van der Waals surface area contributed by atoms with Gasteiger partial charge in [-0.1, -0.05) is 36.7 Å². The molecule has 2 aromatic rings. The summed E-state index contributed by atoms with van der Waals surface area (Å²) in [4.78, 5) is 0. The van der Waals surface area contributed by atoms with Gasteiger partial charge in [0.1, 0.15) is 5.75 Å². The van der Waals surface area contributed by atoms with Gasteiger partial charge in [-0.15, -0.1) is 0 Å². The molecule has 0 aromatic heterocycles. The van der Waals surface area contributed by atoms with Crippen LogP contribution in [0.4, 0.5) is 0 Å². The second-order valence-corrected chi connectivity index (χ2v) is 6.91. The molecule has 0 unspecified atom stereocenters. The number of benzene rings is 2. The van der Waals surface area contributed by atoms with E-state index in [2.05, 4.69) is 12.2 Å². The summed E-state index contributed by atoms with van der Waals surface area (Å²) < 4.78 is 0. The average Bonchev–Trinajstić information content (AvgIpc) is 2.60. The largest absolute Gasteiger partial charge is 0.508 e. The first-order chi connectivity index (χ1) is 11.6. The minimum atomic E-state index is -0.543. The molecule has 0 radical (unpaired) electrons. The normalized spacial score (nSPS) is 18.2. The molecule has 0 saturated heterocycles. The maximum absolute atomic E-state index is 10.3. The van der Waals surface area contributed by atoms with E-state index in [1.54, 1.807) is 12.1 Å². The van der Waals surface area contributed by atoms with Crippen molar-refractivity contribution < 1.29 is 10.2 Å². The molecule has 0 saturated carbocycles. The van der Waals surface area contributed by atoms with Gasteiger partial charge in [-0.2, -0.15) is 0 Å². The highest BCUT2D eigenvalue weighted by Crippen LogP contribution is 2.31. The monoisotopic (exact) mass is 345 g/mol. The van der Waals surface area contributed by atoms with Crippen molar-refractivity contribution in [2.75, 3.05) is 6.54 Å². The summed E-state index contributed by atoms with van der Waals surface area (Å²) >= 11 is 5.89. The number of phenols is 1. The third kappa shape index (κ3) is 3.75. The predicted molar refractivity (Wildman–Crippen MR) is 97.7 cm³/mol. The number of halogens is 1. The van der Waals surface area contributed by atoms with Crippen molar-refractivity contribution in [1.82, 2.24) is 5.32 Å². The number of aryl methyl sites for hydroxylation is 1. The second-order valence-electron chi connectivity index (χ2n) is 6.47. The Morgan fingerprint density at radius 1 is 1.21 bits per heavy atom. The fourth-order valence-corrected chi connectivity index (χ4v) is 3.67. The Labute approximate surface area is 148 Å². The quantitative estimate of drug-likeness (QED) is 0.772. The first-order valence-electron chi connectivity index (χ1n) is 8.58. The summed E-state index contributed by atoms with van der Waals surface area (Å²) in [6.45, 7) is 2.60. The number of hydrogen-bond acceptors (Lipinski definition) is 3. The van der Waals surface area contributed by atoms with Crippen LogP contribution < -0.4 is 5.32 Å². The van der Waals surface area contributed by atoms with E-state index in [4.69, 9.17) is 11.6 Å². The highest BCUT2D eigenvalue weighted by atomic mass is 35.5. The average molecular weight is 346 g/mol. The van der Waals surface area contributed by atoms with Gasteiger partial charge < -0.3 is 15.5 Å². The third-order valence-electron chi connectivity index (χ3n) is 4.92. The van der Waals surface area contributed by atoms with Gasteiger partial charge in [-0.05, 0) is 66.1 Å². The molecule has 4 heteroatoms. The Balaban J connectivity index is 1.64. The van der Waals surface area contributed by atoms with Gasteiger partial charge in [0.2, 0.25) is 0 Å². The molecule has 0 amide bonds. The van der Waals surface area contributed by atoms with Crippen molar-refractivity contribution in [3.05, 3.63) is 63.7 Å². The van der Waals surface area contributed by atoms with E-state index in [0.29, 0.717) is 23.4 Å². The number of hydrogen-bond donors (Lipinski definition) is 3. The SMILES string of the molecule is CCc1c(O)ccc2c1C[C@@H](NC[C@H](O)c1ccc(Cl)cc1)CC2. The van der Waals surface area contributed by atoms with Crippen molar-refractivity contribution in [2.45, 2.75) is 44.8 Å². The lowest BCUT2D eigenvalue weighted by atomic mass is 9.84. The smallest absolute Gasteiger partial charge is 0.119 e. The Hall–Kier alpha value is -1.55. The molecule has 0 aliphatic heterocycles. The summed E-state index contributed by atoms with van der Waals surface area (Å²) in [5.74, 6) is 0.401. The maximum atomic E-state index is 10.3. The van der Waals surface area contributed by atoms with Crippen LogP contribution in [0.1, 0.15) is 41.7 Å². The summed E-state index contributed by atoms with van der Waals surface area (Å²) in [6.07, 6.45) is 3.26. The Bertz CT molecular complexity index is 700. The van der Waals surface area contributed by atoms with Crippen LogP contribution in [0, 0.1) is 0 Å². The molecule has 128 valence electrons. The van der Waals surface area contributed by atoms with Crippen molar-refractivity contribution in [1.29, 1.82) is 0 Å². The standard InChI is InChI=1S/C20H24ClNO2/c1-2-17-18-11-16(9-5-13(18)6-10-19(17)23)22-12-20(24)14-3-7-15(21)8-4-14/h3-4,6-8,10,16,20,22-24H,2,5,9,11-12H2,1H3/t16-,20-/m0/s1. The maximum Gasteiger partial charge on any atom is 0.119 e. The number of nitrogens with one attached hydrogen (secondary N) is 1. The van der Waals surface area contributed by atoms with Crippen LogP contribution in [0.5, 0.6) is 5.75 Å². The molecule has 2 atom stereocenters. The number of aliphatic hydroxyl groups excluding tert-OH is 1.